The quantitative estimate of drug-likeness (QED) is 0.102. The maximum absolute atomic E-state index is 5.65. The molecule has 0 bridgehead atoms. The van der Waals surface area contributed by atoms with E-state index in [9.17, 15) is 0 Å². The van der Waals surface area contributed by atoms with Crippen LogP contribution in [0, 0.1) is 0 Å². The van der Waals surface area contributed by atoms with Crippen molar-refractivity contribution >= 4 is 0 Å². The van der Waals surface area contributed by atoms with Crippen LogP contribution in [0.5, 0.6) is 0 Å². The number of unbranched alkanes of at least 4 members (excludes halogenated alkanes) is 13. The Hall–Kier alpha value is -0.240. The van der Waals surface area contributed by atoms with Gasteiger partial charge in [-0.2, -0.15) is 0 Å². The van der Waals surface area contributed by atoms with E-state index in [4.69, 9.17) is 28.4 Å². The third-order valence-electron chi connectivity index (χ3n) is 5.71. The van der Waals surface area contributed by atoms with Crippen molar-refractivity contribution in [3.8, 4) is 0 Å². The molecule has 0 aromatic rings. The van der Waals surface area contributed by atoms with E-state index >= 15 is 0 Å². The van der Waals surface area contributed by atoms with Crippen LogP contribution in [-0.4, -0.2) is 79.3 Å². The van der Waals surface area contributed by atoms with Crippen molar-refractivity contribution < 1.29 is 28.4 Å². The minimum atomic E-state index is 0.580. The highest BCUT2D eigenvalue weighted by Gasteiger charge is 1.96. The Kier molecular flexibility index (Phi) is 32.5. The van der Waals surface area contributed by atoms with E-state index in [1.807, 2.05) is 6.92 Å². The molecule has 6 heteroatoms. The summed E-state index contributed by atoms with van der Waals surface area (Å²) in [5.41, 5.74) is 0. The van der Waals surface area contributed by atoms with Gasteiger partial charge in [-0.25, -0.2) is 0 Å². The van der Waals surface area contributed by atoms with E-state index < -0.39 is 0 Å². The Morgan fingerprint density at radius 3 is 0.853 bits per heavy atom. The second kappa shape index (κ2) is 32.8. The maximum atomic E-state index is 5.65. The number of rotatable bonds is 31. The molecule has 0 spiro atoms. The van der Waals surface area contributed by atoms with E-state index in [1.54, 1.807) is 0 Å². The van der Waals surface area contributed by atoms with Gasteiger partial charge in [-0.05, 0) is 13.3 Å². The highest BCUT2D eigenvalue weighted by molar-refractivity contribution is 4.49. The van der Waals surface area contributed by atoms with Crippen LogP contribution in [0.3, 0.4) is 0 Å². The molecule has 0 heterocycles. The van der Waals surface area contributed by atoms with Gasteiger partial charge in [0.15, 0.2) is 0 Å². The molecule has 0 fully saturated rings. The topological polar surface area (TPSA) is 55.4 Å². The molecular formula is C28H58O6. The fourth-order valence-corrected chi connectivity index (χ4v) is 3.64. The molecule has 0 aromatic heterocycles. The van der Waals surface area contributed by atoms with Crippen LogP contribution in [0.25, 0.3) is 0 Å². The Morgan fingerprint density at radius 2 is 0.529 bits per heavy atom. The number of hydrogen-bond donors (Lipinski definition) is 0. The molecule has 0 aliphatic rings. The van der Waals surface area contributed by atoms with Gasteiger partial charge in [0, 0.05) is 13.2 Å². The summed E-state index contributed by atoms with van der Waals surface area (Å²) < 4.78 is 32.6. The van der Waals surface area contributed by atoms with E-state index in [0.29, 0.717) is 66.1 Å². The number of hydrogen-bond acceptors (Lipinski definition) is 6. The molecular weight excluding hydrogens is 432 g/mol. The van der Waals surface area contributed by atoms with Crippen LogP contribution in [0.1, 0.15) is 104 Å². The zero-order valence-electron chi connectivity index (χ0n) is 22.8. The van der Waals surface area contributed by atoms with Crippen molar-refractivity contribution in [3.63, 3.8) is 0 Å². The summed E-state index contributed by atoms with van der Waals surface area (Å²) in [5, 5.41) is 0. The smallest absolute Gasteiger partial charge is 0.0701 e. The van der Waals surface area contributed by atoms with Gasteiger partial charge in [-0.15, -0.1) is 0 Å². The SMILES string of the molecule is CCCCCCCCCCCCCCCCOCCOCCOCCOCCOCCOCC. The summed E-state index contributed by atoms with van der Waals surface area (Å²) in [6.45, 7) is 11.9. The lowest BCUT2D eigenvalue weighted by atomic mass is 10.0. The minimum Gasteiger partial charge on any atom is -0.379 e. The fourth-order valence-electron chi connectivity index (χ4n) is 3.64. The molecule has 0 aromatic carbocycles. The van der Waals surface area contributed by atoms with Crippen molar-refractivity contribution in [2.45, 2.75) is 104 Å². The lowest BCUT2D eigenvalue weighted by Gasteiger charge is -2.08. The predicted molar refractivity (Wildman–Crippen MR) is 141 cm³/mol. The lowest BCUT2D eigenvalue weighted by Crippen LogP contribution is -2.14. The summed E-state index contributed by atoms with van der Waals surface area (Å²) in [5.74, 6) is 0. The van der Waals surface area contributed by atoms with Gasteiger partial charge in [0.05, 0.1) is 66.1 Å². The molecule has 0 unspecified atom stereocenters. The third kappa shape index (κ3) is 31.8. The summed E-state index contributed by atoms with van der Waals surface area (Å²) >= 11 is 0. The number of ether oxygens (including phenoxy) is 6. The molecule has 0 saturated heterocycles. The Morgan fingerprint density at radius 1 is 0.265 bits per heavy atom. The van der Waals surface area contributed by atoms with Gasteiger partial charge in [0.2, 0.25) is 0 Å². The summed E-state index contributed by atoms with van der Waals surface area (Å²) in [6, 6.07) is 0. The van der Waals surface area contributed by atoms with Gasteiger partial charge in [0.1, 0.15) is 0 Å². The zero-order valence-corrected chi connectivity index (χ0v) is 22.8. The first-order chi connectivity index (χ1) is 16.9. The first kappa shape index (κ1) is 33.8. The van der Waals surface area contributed by atoms with E-state index in [2.05, 4.69) is 6.92 Å². The highest BCUT2D eigenvalue weighted by atomic mass is 16.6. The molecule has 34 heavy (non-hydrogen) atoms. The van der Waals surface area contributed by atoms with E-state index in [-0.39, 0.29) is 0 Å². The molecule has 0 N–H and O–H groups in total. The molecule has 0 aliphatic carbocycles. The van der Waals surface area contributed by atoms with Crippen molar-refractivity contribution in [1.29, 1.82) is 0 Å². The first-order valence-electron chi connectivity index (χ1n) is 14.4. The van der Waals surface area contributed by atoms with Crippen LogP contribution in [0.2, 0.25) is 0 Å². The Bertz CT molecular complexity index is 311. The van der Waals surface area contributed by atoms with Crippen molar-refractivity contribution in [2.24, 2.45) is 0 Å². The minimum absolute atomic E-state index is 0.580. The zero-order chi connectivity index (χ0) is 24.6. The van der Waals surface area contributed by atoms with Gasteiger partial charge in [-0.3, -0.25) is 0 Å². The van der Waals surface area contributed by atoms with Gasteiger partial charge < -0.3 is 28.4 Å². The predicted octanol–water partition coefficient (Wildman–Crippen LogP) is 6.59. The molecule has 0 saturated carbocycles. The average Bonchev–Trinajstić information content (AvgIpc) is 2.85. The molecule has 0 atom stereocenters. The Labute approximate surface area is 211 Å². The van der Waals surface area contributed by atoms with Gasteiger partial charge in [-0.1, -0.05) is 90.4 Å². The van der Waals surface area contributed by atoms with Crippen molar-refractivity contribution in [3.05, 3.63) is 0 Å². The van der Waals surface area contributed by atoms with Crippen LogP contribution in [0.15, 0.2) is 0 Å². The van der Waals surface area contributed by atoms with Crippen molar-refractivity contribution in [2.75, 3.05) is 79.3 Å². The summed E-state index contributed by atoms with van der Waals surface area (Å²) in [6.07, 6.45) is 19.4. The molecule has 0 amide bonds. The molecule has 6 nitrogen and oxygen atoms in total. The normalized spacial score (nSPS) is 11.5. The Balaban J connectivity index is 2.99. The fraction of sp³-hybridized carbons (Fsp3) is 1.00. The first-order valence-corrected chi connectivity index (χ1v) is 14.4. The second-order valence-corrected chi connectivity index (χ2v) is 8.85. The van der Waals surface area contributed by atoms with E-state index in [1.165, 1.54) is 89.9 Å². The largest absolute Gasteiger partial charge is 0.379 e. The monoisotopic (exact) mass is 490 g/mol. The summed E-state index contributed by atoms with van der Waals surface area (Å²) in [4.78, 5) is 0. The molecule has 206 valence electrons. The van der Waals surface area contributed by atoms with Crippen LogP contribution < -0.4 is 0 Å². The molecule has 0 radical (unpaired) electrons. The van der Waals surface area contributed by atoms with Crippen LogP contribution in [0.4, 0.5) is 0 Å². The van der Waals surface area contributed by atoms with Crippen LogP contribution >= 0.6 is 0 Å². The van der Waals surface area contributed by atoms with Gasteiger partial charge in [0.25, 0.3) is 0 Å². The summed E-state index contributed by atoms with van der Waals surface area (Å²) in [7, 11) is 0. The molecule has 0 aliphatic heterocycles. The second-order valence-electron chi connectivity index (χ2n) is 8.85. The standard InChI is InChI=1S/C28H58O6/c1-3-5-6-7-8-9-10-11-12-13-14-15-16-17-18-30-21-22-32-25-26-34-28-27-33-24-23-31-20-19-29-4-2/h3-28H2,1-2H3. The highest BCUT2D eigenvalue weighted by Crippen LogP contribution is 2.12. The average molecular weight is 491 g/mol. The van der Waals surface area contributed by atoms with Crippen molar-refractivity contribution in [1.82, 2.24) is 0 Å². The lowest BCUT2D eigenvalue weighted by molar-refractivity contribution is -0.0163. The van der Waals surface area contributed by atoms with Gasteiger partial charge >= 0.3 is 0 Å². The maximum Gasteiger partial charge on any atom is 0.0701 e. The molecule has 0 rings (SSSR count). The van der Waals surface area contributed by atoms with E-state index in [0.717, 1.165) is 13.2 Å². The third-order valence-corrected chi connectivity index (χ3v) is 5.71. The van der Waals surface area contributed by atoms with Crippen LogP contribution in [-0.2, 0) is 28.4 Å².